The number of nitrogens with zero attached hydrogens (tertiary/aromatic N) is 1. The lowest BCUT2D eigenvalue weighted by atomic mass is 9.70. The number of halogens is 1. The molecule has 3 N–H and O–H groups in total. The molecule has 186 valence electrons. The van der Waals surface area contributed by atoms with Gasteiger partial charge in [-0.05, 0) is 36.6 Å². The van der Waals surface area contributed by atoms with Crippen molar-refractivity contribution in [2.24, 2.45) is 17.8 Å². The first-order chi connectivity index (χ1) is 16.2. The molecule has 3 aliphatic rings. The first-order valence-electron chi connectivity index (χ1n) is 11.6. The third-order valence-corrected chi connectivity index (χ3v) is 10.9. The molecule has 0 saturated carbocycles. The van der Waals surface area contributed by atoms with Gasteiger partial charge in [0.1, 0.15) is 11.8 Å². The van der Waals surface area contributed by atoms with Crippen LogP contribution in [-0.4, -0.2) is 75.4 Å². The molecule has 0 aromatic heterocycles. The van der Waals surface area contributed by atoms with Gasteiger partial charge in [0.05, 0.1) is 36.3 Å². The predicted octanol–water partition coefficient (Wildman–Crippen LogP) is 2.25. The number of anilines is 1. The van der Waals surface area contributed by atoms with E-state index < -0.39 is 28.7 Å². The summed E-state index contributed by atoms with van der Waals surface area (Å²) in [5.74, 6) is -1.17. The highest BCUT2D eigenvalue weighted by molar-refractivity contribution is 9.09. The number of amides is 3. The number of hydrogen-bond acceptors (Lipinski definition) is 6. The maximum atomic E-state index is 14.0. The minimum absolute atomic E-state index is 0.0104. The Kier molecular flexibility index (Phi) is 7.22. The molecule has 3 aliphatic heterocycles. The van der Waals surface area contributed by atoms with Crippen LogP contribution in [0.25, 0.3) is 0 Å². The van der Waals surface area contributed by atoms with E-state index in [0.717, 1.165) is 6.42 Å². The quantitative estimate of drug-likeness (QED) is 0.426. The SMILES string of the molecule is CC[C@H](C)[C@H](CO)N1C(=O)[C@@H]2[C@@H](C(=O)NC)[C@@H]3SC2(CC3Br)C1C(=O)Nc1ccc(OC)cc1. The molecule has 0 aliphatic carbocycles. The predicted molar refractivity (Wildman–Crippen MR) is 135 cm³/mol. The van der Waals surface area contributed by atoms with E-state index in [1.165, 1.54) is 0 Å². The van der Waals surface area contributed by atoms with Crippen LogP contribution in [0, 0.1) is 17.8 Å². The van der Waals surface area contributed by atoms with Crippen LogP contribution < -0.4 is 15.4 Å². The van der Waals surface area contributed by atoms with Crippen molar-refractivity contribution in [1.82, 2.24) is 10.2 Å². The van der Waals surface area contributed by atoms with Gasteiger partial charge in [-0.1, -0.05) is 36.2 Å². The van der Waals surface area contributed by atoms with Gasteiger partial charge in [-0.15, -0.1) is 11.8 Å². The van der Waals surface area contributed by atoms with Crippen molar-refractivity contribution >= 4 is 51.1 Å². The Hall–Kier alpha value is -1.78. The number of aliphatic hydroxyl groups excluding tert-OH is 1. The zero-order chi connectivity index (χ0) is 24.8. The Morgan fingerprint density at radius 3 is 2.56 bits per heavy atom. The second kappa shape index (κ2) is 9.70. The van der Waals surface area contributed by atoms with E-state index in [0.29, 0.717) is 17.9 Å². The summed E-state index contributed by atoms with van der Waals surface area (Å²) in [6.45, 7) is 3.74. The van der Waals surface area contributed by atoms with Crippen molar-refractivity contribution < 1.29 is 24.2 Å². The van der Waals surface area contributed by atoms with Crippen molar-refractivity contribution in [3.05, 3.63) is 24.3 Å². The number of thioether (sulfide) groups is 1. The maximum absolute atomic E-state index is 14.0. The third kappa shape index (κ3) is 3.82. The lowest BCUT2D eigenvalue weighted by Gasteiger charge is -2.39. The Morgan fingerprint density at radius 2 is 2.00 bits per heavy atom. The number of hydrogen-bond donors (Lipinski definition) is 3. The highest BCUT2D eigenvalue weighted by Crippen LogP contribution is 2.68. The summed E-state index contributed by atoms with van der Waals surface area (Å²) in [4.78, 5) is 42.4. The molecule has 0 radical (unpaired) electrons. The highest BCUT2D eigenvalue weighted by atomic mass is 79.9. The van der Waals surface area contributed by atoms with E-state index >= 15 is 0 Å². The summed E-state index contributed by atoms with van der Waals surface area (Å²) in [6, 6.07) is 5.72. The molecule has 3 heterocycles. The van der Waals surface area contributed by atoms with Gasteiger partial charge in [-0.25, -0.2) is 0 Å². The molecule has 8 nitrogen and oxygen atoms in total. The summed E-state index contributed by atoms with van der Waals surface area (Å²) in [7, 11) is 3.15. The second-order valence-electron chi connectivity index (χ2n) is 9.38. The number of nitrogens with one attached hydrogen (secondary N) is 2. The Balaban J connectivity index is 1.77. The number of likely N-dealkylation sites (tertiary alicyclic amines) is 1. The lowest BCUT2D eigenvalue weighted by molar-refractivity contribution is -0.143. The van der Waals surface area contributed by atoms with Gasteiger partial charge in [0.15, 0.2) is 0 Å². The van der Waals surface area contributed by atoms with Gasteiger partial charge in [-0.3, -0.25) is 14.4 Å². The van der Waals surface area contributed by atoms with Crippen LogP contribution in [0.5, 0.6) is 5.75 Å². The normalized spacial score (nSPS) is 33.4. The van der Waals surface area contributed by atoms with Crippen LogP contribution in [0.3, 0.4) is 0 Å². The Morgan fingerprint density at radius 1 is 1.32 bits per heavy atom. The molecule has 3 amide bonds. The molecule has 2 bridgehead atoms. The van der Waals surface area contributed by atoms with Crippen LogP contribution in [0.4, 0.5) is 5.69 Å². The van der Waals surface area contributed by atoms with Crippen molar-refractivity contribution in [2.75, 3.05) is 26.1 Å². The fraction of sp³-hybridized carbons (Fsp3) is 0.625. The molecule has 3 unspecified atom stereocenters. The topological polar surface area (TPSA) is 108 Å². The zero-order valence-corrected chi connectivity index (χ0v) is 22.2. The number of methoxy groups -OCH3 is 1. The van der Waals surface area contributed by atoms with Crippen LogP contribution in [-0.2, 0) is 14.4 Å². The molecular weight excluding hydrogens is 522 g/mol. The summed E-state index contributed by atoms with van der Waals surface area (Å²) >= 11 is 5.32. The number of benzene rings is 1. The molecule has 34 heavy (non-hydrogen) atoms. The first-order valence-corrected chi connectivity index (χ1v) is 13.4. The number of carbonyl (C=O) groups excluding carboxylic acids is 3. The first kappa shape index (κ1) is 25.3. The Bertz CT molecular complexity index is 962. The number of carbonyl (C=O) groups is 3. The van der Waals surface area contributed by atoms with E-state index in [2.05, 4.69) is 26.6 Å². The third-order valence-electron chi connectivity index (χ3n) is 7.73. The highest BCUT2D eigenvalue weighted by Gasteiger charge is 2.76. The lowest BCUT2D eigenvalue weighted by Crippen LogP contribution is -2.56. The van der Waals surface area contributed by atoms with E-state index in [1.54, 1.807) is 55.1 Å². The van der Waals surface area contributed by atoms with Crippen LogP contribution in [0.2, 0.25) is 0 Å². The summed E-state index contributed by atoms with van der Waals surface area (Å²) in [5, 5.41) is 15.9. The van der Waals surface area contributed by atoms with Crippen LogP contribution >= 0.6 is 27.7 Å². The van der Waals surface area contributed by atoms with Crippen LogP contribution in [0.1, 0.15) is 26.7 Å². The number of aliphatic hydroxyl groups is 1. The minimum Gasteiger partial charge on any atom is -0.497 e. The number of fused-ring (bicyclic) bond motifs is 1. The molecule has 3 saturated heterocycles. The molecule has 10 heteroatoms. The average molecular weight is 555 g/mol. The Labute approximate surface area is 212 Å². The molecule has 4 rings (SSSR count). The average Bonchev–Trinajstić information content (AvgIpc) is 3.43. The van der Waals surface area contributed by atoms with Gasteiger partial charge in [0, 0.05) is 22.8 Å². The summed E-state index contributed by atoms with van der Waals surface area (Å²) in [6.07, 6.45) is 1.34. The standard InChI is InChI=1S/C24H32BrN3O5S/c1-5-12(2)16(11-29)28-20(22(31)27-13-6-8-14(33-4)9-7-13)24-10-15(25)19(34-24)17(21(30)26-3)18(24)23(28)32/h6-9,12,15-20,29H,5,10-11H2,1-4H3,(H,26,30)(H,27,31)/t12-,15?,16-,17+,18-,19+,20?,24?/m0/s1. The number of ether oxygens (including phenoxy) is 1. The van der Waals surface area contributed by atoms with E-state index in [9.17, 15) is 19.5 Å². The van der Waals surface area contributed by atoms with Gasteiger partial charge in [0.25, 0.3) is 0 Å². The largest absolute Gasteiger partial charge is 0.497 e. The van der Waals surface area contributed by atoms with Crippen molar-refractivity contribution in [1.29, 1.82) is 0 Å². The van der Waals surface area contributed by atoms with Gasteiger partial charge >= 0.3 is 0 Å². The summed E-state index contributed by atoms with van der Waals surface area (Å²) < 4.78 is 4.46. The van der Waals surface area contributed by atoms with Gasteiger partial charge < -0.3 is 25.4 Å². The molecule has 8 atom stereocenters. The molecule has 1 aromatic carbocycles. The second-order valence-corrected chi connectivity index (χ2v) is 12.1. The number of rotatable bonds is 8. The summed E-state index contributed by atoms with van der Waals surface area (Å²) in [5.41, 5.74) is 0.595. The molecule has 3 fully saturated rings. The smallest absolute Gasteiger partial charge is 0.248 e. The zero-order valence-electron chi connectivity index (χ0n) is 19.8. The van der Waals surface area contributed by atoms with Crippen molar-refractivity contribution in [3.63, 3.8) is 0 Å². The minimum atomic E-state index is -0.803. The monoisotopic (exact) mass is 553 g/mol. The number of alkyl halides is 1. The molecular formula is C24H32BrN3O5S. The van der Waals surface area contributed by atoms with E-state index in [1.807, 2.05) is 13.8 Å². The maximum Gasteiger partial charge on any atom is 0.248 e. The molecule has 1 spiro atoms. The molecule has 1 aromatic rings. The van der Waals surface area contributed by atoms with Crippen molar-refractivity contribution in [2.45, 2.75) is 53.6 Å². The van der Waals surface area contributed by atoms with Crippen LogP contribution in [0.15, 0.2) is 24.3 Å². The van der Waals surface area contributed by atoms with Gasteiger partial charge in [-0.2, -0.15) is 0 Å². The van der Waals surface area contributed by atoms with Gasteiger partial charge in [0.2, 0.25) is 17.7 Å². The van der Waals surface area contributed by atoms with E-state index in [4.69, 9.17) is 4.74 Å². The fourth-order valence-electron chi connectivity index (χ4n) is 5.89. The van der Waals surface area contributed by atoms with E-state index in [-0.39, 0.29) is 40.3 Å². The fourth-order valence-corrected chi connectivity index (χ4v) is 9.49. The van der Waals surface area contributed by atoms with Crippen molar-refractivity contribution in [3.8, 4) is 5.75 Å².